The van der Waals surface area contributed by atoms with Gasteiger partial charge in [0.2, 0.25) is 0 Å². The van der Waals surface area contributed by atoms with Gasteiger partial charge in [0, 0.05) is 5.56 Å². The van der Waals surface area contributed by atoms with Gasteiger partial charge in [-0.05, 0) is 42.0 Å². The van der Waals surface area contributed by atoms with Gasteiger partial charge in [-0.15, -0.1) is 0 Å². The largest absolute Gasteiger partial charge is 0.496 e. The van der Waals surface area contributed by atoms with Crippen molar-refractivity contribution in [3.05, 3.63) is 58.4 Å². The molecule has 2 rings (SSSR count). The molecule has 0 fully saturated rings. The second-order valence-corrected chi connectivity index (χ2v) is 5.08. The van der Waals surface area contributed by atoms with Crippen LogP contribution in [0.3, 0.4) is 0 Å². The number of hydrogen-bond donors (Lipinski definition) is 2. The Bertz CT molecular complexity index is 768. The molecule has 2 aromatic rings. The predicted molar refractivity (Wildman–Crippen MR) is 89.0 cm³/mol. The highest BCUT2D eigenvalue weighted by Crippen LogP contribution is 2.27. The van der Waals surface area contributed by atoms with E-state index in [9.17, 15) is 9.18 Å². The molecule has 0 spiro atoms. The summed E-state index contributed by atoms with van der Waals surface area (Å²) in [6.45, 7) is 0.152. The average Bonchev–Trinajstić information content (AvgIpc) is 2.54. The highest BCUT2D eigenvalue weighted by atomic mass is 35.5. The fourth-order valence-corrected chi connectivity index (χ4v) is 2.13. The number of amides is 2. The molecule has 0 aromatic heterocycles. The van der Waals surface area contributed by atoms with Crippen molar-refractivity contribution in [1.82, 2.24) is 5.43 Å². The maximum absolute atomic E-state index is 13.0. The molecule has 24 heavy (non-hydrogen) atoms. The standard InChI is InChI=1S/C16H15ClFN3O3/c1-23-14-4-2-10(8-20-21-16(19)22)6-11(14)9-24-15-5-3-12(18)7-13(15)17/h2-8H,9H2,1H3,(H3,19,21,22). The fourth-order valence-electron chi connectivity index (χ4n) is 1.91. The third-order valence-corrected chi connectivity index (χ3v) is 3.27. The molecule has 8 heteroatoms. The maximum atomic E-state index is 13.0. The van der Waals surface area contributed by atoms with Gasteiger partial charge in [0.15, 0.2) is 0 Å². The Balaban J connectivity index is 2.15. The lowest BCUT2D eigenvalue weighted by Gasteiger charge is -2.12. The number of primary amides is 1. The Morgan fingerprint density at radius 3 is 2.75 bits per heavy atom. The van der Waals surface area contributed by atoms with E-state index in [1.54, 1.807) is 18.2 Å². The normalized spacial score (nSPS) is 10.6. The molecule has 0 aliphatic carbocycles. The Hall–Kier alpha value is -2.80. The van der Waals surface area contributed by atoms with Crippen LogP contribution in [0.25, 0.3) is 0 Å². The number of nitrogens with two attached hydrogens (primary N) is 1. The average molecular weight is 352 g/mol. The number of halogens is 2. The van der Waals surface area contributed by atoms with E-state index in [1.807, 2.05) is 0 Å². The van der Waals surface area contributed by atoms with Crippen LogP contribution in [0, 0.1) is 5.82 Å². The lowest BCUT2D eigenvalue weighted by atomic mass is 10.1. The molecule has 126 valence electrons. The highest BCUT2D eigenvalue weighted by Gasteiger charge is 2.08. The molecule has 0 atom stereocenters. The van der Waals surface area contributed by atoms with E-state index >= 15 is 0 Å². The first kappa shape index (κ1) is 17.6. The second kappa shape index (κ2) is 8.16. The number of nitrogens with one attached hydrogen (secondary N) is 1. The van der Waals surface area contributed by atoms with Crippen LogP contribution in [0.15, 0.2) is 41.5 Å². The van der Waals surface area contributed by atoms with E-state index in [-0.39, 0.29) is 11.6 Å². The zero-order valence-electron chi connectivity index (χ0n) is 12.8. The number of methoxy groups -OCH3 is 1. The molecule has 0 aliphatic rings. The molecule has 0 aliphatic heterocycles. The smallest absolute Gasteiger partial charge is 0.332 e. The molecule has 0 heterocycles. The second-order valence-electron chi connectivity index (χ2n) is 4.67. The minimum absolute atomic E-state index is 0.152. The monoisotopic (exact) mass is 351 g/mol. The van der Waals surface area contributed by atoms with Crippen LogP contribution in [0.5, 0.6) is 11.5 Å². The van der Waals surface area contributed by atoms with Gasteiger partial charge >= 0.3 is 6.03 Å². The summed E-state index contributed by atoms with van der Waals surface area (Å²) in [5.41, 5.74) is 8.46. The first-order valence-electron chi connectivity index (χ1n) is 6.83. The van der Waals surface area contributed by atoms with E-state index in [1.165, 1.54) is 31.5 Å². The summed E-state index contributed by atoms with van der Waals surface area (Å²) in [5.74, 6) is 0.521. The van der Waals surface area contributed by atoms with Gasteiger partial charge in [-0.1, -0.05) is 11.6 Å². The highest BCUT2D eigenvalue weighted by molar-refractivity contribution is 6.32. The number of benzene rings is 2. The first-order valence-corrected chi connectivity index (χ1v) is 7.20. The SMILES string of the molecule is COc1ccc(C=NNC(N)=O)cc1COc1ccc(F)cc1Cl. The molecule has 2 aromatic carbocycles. The molecule has 0 bridgehead atoms. The van der Waals surface area contributed by atoms with E-state index in [4.69, 9.17) is 26.8 Å². The van der Waals surface area contributed by atoms with Gasteiger partial charge in [-0.25, -0.2) is 14.6 Å². The minimum atomic E-state index is -0.755. The van der Waals surface area contributed by atoms with Crippen molar-refractivity contribution < 1.29 is 18.7 Å². The maximum Gasteiger partial charge on any atom is 0.332 e. The van der Waals surface area contributed by atoms with Crippen molar-refractivity contribution in [2.75, 3.05) is 7.11 Å². The van der Waals surface area contributed by atoms with E-state index in [0.717, 1.165) is 5.56 Å². The number of carbonyl (C=O) groups is 1. The number of rotatable bonds is 6. The van der Waals surface area contributed by atoms with Crippen molar-refractivity contribution in [2.24, 2.45) is 10.8 Å². The van der Waals surface area contributed by atoms with Crippen molar-refractivity contribution in [3.63, 3.8) is 0 Å². The Morgan fingerprint density at radius 2 is 2.08 bits per heavy atom. The first-order chi connectivity index (χ1) is 11.5. The van der Waals surface area contributed by atoms with Crippen LogP contribution in [0.1, 0.15) is 11.1 Å². The summed E-state index contributed by atoms with van der Waals surface area (Å²) in [6.07, 6.45) is 1.43. The van der Waals surface area contributed by atoms with Gasteiger partial charge in [-0.3, -0.25) is 0 Å². The van der Waals surface area contributed by atoms with E-state index < -0.39 is 11.8 Å². The number of ether oxygens (including phenoxy) is 2. The molecule has 0 radical (unpaired) electrons. The van der Waals surface area contributed by atoms with Crippen LogP contribution >= 0.6 is 11.6 Å². The van der Waals surface area contributed by atoms with Crippen LogP contribution in [-0.2, 0) is 6.61 Å². The van der Waals surface area contributed by atoms with Crippen molar-refractivity contribution in [1.29, 1.82) is 0 Å². The molecule has 0 unspecified atom stereocenters. The minimum Gasteiger partial charge on any atom is -0.496 e. The summed E-state index contributed by atoms with van der Waals surface area (Å²) in [6, 6.07) is 8.38. The molecule has 0 saturated heterocycles. The van der Waals surface area contributed by atoms with Crippen molar-refractivity contribution >= 4 is 23.8 Å². The molecule has 0 saturated carbocycles. The molecule has 3 N–H and O–H groups in total. The molecular weight excluding hydrogens is 337 g/mol. The third kappa shape index (κ3) is 4.85. The van der Waals surface area contributed by atoms with E-state index in [0.29, 0.717) is 17.1 Å². The summed E-state index contributed by atoms with van der Waals surface area (Å²) in [5, 5.41) is 3.86. The van der Waals surface area contributed by atoms with Crippen molar-refractivity contribution in [3.8, 4) is 11.5 Å². The summed E-state index contributed by atoms with van der Waals surface area (Å²) >= 11 is 5.93. The zero-order valence-corrected chi connectivity index (χ0v) is 13.5. The number of hydrogen-bond acceptors (Lipinski definition) is 4. The summed E-state index contributed by atoms with van der Waals surface area (Å²) < 4.78 is 23.9. The predicted octanol–water partition coefficient (Wildman–Crippen LogP) is 3.07. The van der Waals surface area contributed by atoms with Crippen LogP contribution in [0.4, 0.5) is 9.18 Å². The quantitative estimate of drug-likeness (QED) is 0.619. The summed E-state index contributed by atoms with van der Waals surface area (Å²) in [4.78, 5) is 10.6. The Morgan fingerprint density at radius 1 is 1.33 bits per heavy atom. The van der Waals surface area contributed by atoms with Gasteiger partial charge in [0.05, 0.1) is 18.3 Å². The van der Waals surface area contributed by atoms with Gasteiger partial charge in [0.1, 0.15) is 23.9 Å². The van der Waals surface area contributed by atoms with Crippen molar-refractivity contribution in [2.45, 2.75) is 6.61 Å². The lowest BCUT2D eigenvalue weighted by Crippen LogP contribution is -2.24. The van der Waals surface area contributed by atoms with Crippen LogP contribution in [-0.4, -0.2) is 19.4 Å². The molecule has 6 nitrogen and oxygen atoms in total. The number of urea groups is 1. The molecule has 2 amide bonds. The summed E-state index contributed by atoms with van der Waals surface area (Å²) in [7, 11) is 1.53. The van der Waals surface area contributed by atoms with E-state index in [2.05, 4.69) is 10.5 Å². The van der Waals surface area contributed by atoms with Crippen LogP contribution in [0.2, 0.25) is 5.02 Å². The number of hydrazone groups is 1. The number of nitrogens with zero attached hydrogens (tertiary/aromatic N) is 1. The Kier molecular flexibility index (Phi) is 5.97. The van der Waals surface area contributed by atoms with Crippen LogP contribution < -0.4 is 20.6 Å². The fraction of sp³-hybridized carbons (Fsp3) is 0.125. The molecular formula is C16H15ClFN3O3. The van der Waals surface area contributed by atoms with Gasteiger partial charge in [0.25, 0.3) is 0 Å². The zero-order chi connectivity index (χ0) is 17.5. The number of carbonyl (C=O) groups excluding carboxylic acids is 1. The lowest BCUT2D eigenvalue weighted by molar-refractivity contribution is 0.249. The van der Waals surface area contributed by atoms with Gasteiger partial charge < -0.3 is 15.2 Å². The van der Waals surface area contributed by atoms with Gasteiger partial charge in [-0.2, -0.15) is 5.10 Å². The third-order valence-electron chi connectivity index (χ3n) is 2.97. The Labute approximate surface area is 143 Å². The topological polar surface area (TPSA) is 85.9 Å².